The van der Waals surface area contributed by atoms with Gasteiger partial charge in [0.05, 0.1) is 11.3 Å². The molecule has 3 aliphatic rings. The van der Waals surface area contributed by atoms with Gasteiger partial charge in [-0.3, -0.25) is 4.99 Å². The third-order valence-corrected chi connectivity index (χ3v) is 8.40. The van der Waals surface area contributed by atoms with E-state index in [1.807, 2.05) is 42.6 Å². The van der Waals surface area contributed by atoms with Crippen LogP contribution in [0.3, 0.4) is 0 Å². The first-order valence-electron chi connectivity index (χ1n) is 13.9. The number of benzene rings is 2. The Kier molecular flexibility index (Phi) is 8.09. The highest BCUT2D eigenvalue weighted by atomic mass is 35.5. The molecule has 2 N–H and O–H groups in total. The van der Waals surface area contributed by atoms with Gasteiger partial charge < -0.3 is 24.6 Å². The molecule has 8 heteroatoms. The molecule has 0 amide bonds. The third-order valence-electron chi connectivity index (χ3n) is 8.15. The van der Waals surface area contributed by atoms with Crippen molar-refractivity contribution in [3.8, 4) is 11.5 Å². The fourth-order valence-corrected chi connectivity index (χ4v) is 5.80. The highest BCUT2D eigenvalue weighted by molar-refractivity contribution is 6.30. The van der Waals surface area contributed by atoms with Crippen LogP contribution in [0.25, 0.3) is 5.57 Å². The number of aliphatic imine (C=N–C) groups is 1. The van der Waals surface area contributed by atoms with Gasteiger partial charge in [0.15, 0.2) is 5.60 Å². The summed E-state index contributed by atoms with van der Waals surface area (Å²) in [5.74, 6) is 0.459. The summed E-state index contributed by atoms with van der Waals surface area (Å²) in [5, 5.41) is 21.5. The van der Waals surface area contributed by atoms with E-state index in [4.69, 9.17) is 21.1 Å². The highest BCUT2D eigenvalue weighted by Gasteiger charge is 2.34. The van der Waals surface area contributed by atoms with Crippen molar-refractivity contribution < 1.29 is 24.5 Å². The summed E-state index contributed by atoms with van der Waals surface area (Å²) < 4.78 is 12.0. The molecule has 7 nitrogen and oxygen atoms in total. The highest BCUT2D eigenvalue weighted by Crippen LogP contribution is 2.43. The lowest BCUT2D eigenvalue weighted by atomic mass is 9.84. The van der Waals surface area contributed by atoms with E-state index in [0.717, 1.165) is 60.6 Å². The molecule has 5 rings (SSSR count). The minimum atomic E-state index is -1.36. The molecule has 40 heavy (non-hydrogen) atoms. The maximum atomic E-state index is 11.7. The molecule has 2 aromatic rings. The molecule has 1 saturated heterocycles. The molecule has 0 aromatic heterocycles. The predicted octanol–water partition coefficient (Wildman–Crippen LogP) is 6.10. The van der Waals surface area contributed by atoms with Gasteiger partial charge >= 0.3 is 5.97 Å². The lowest BCUT2D eigenvalue weighted by Crippen LogP contribution is -2.42. The Balaban J connectivity index is 1.36. The topological polar surface area (TPSA) is 91.6 Å². The van der Waals surface area contributed by atoms with Gasteiger partial charge in [0.2, 0.25) is 0 Å². The first-order chi connectivity index (χ1) is 19.1. The van der Waals surface area contributed by atoms with E-state index in [1.54, 1.807) is 19.9 Å². The molecule has 0 aliphatic carbocycles. The normalized spacial score (nSPS) is 21.8. The number of ether oxygens (including phenoxy) is 2. The zero-order chi connectivity index (χ0) is 28.5. The van der Waals surface area contributed by atoms with Crippen molar-refractivity contribution >= 4 is 29.4 Å². The van der Waals surface area contributed by atoms with E-state index in [0.29, 0.717) is 30.2 Å². The van der Waals surface area contributed by atoms with Crippen LogP contribution in [0.4, 0.5) is 0 Å². The number of piperidine rings is 1. The number of carbonyl (C=O) groups is 1. The second-order valence-electron chi connectivity index (χ2n) is 11.5. The van der Waals surface area contributed by atoms with Crippen LogP contribution in [0.2, 0.25) is 5.02 Å². The summed E-state index contributed by atoms with van der Waals surface area (Å²) in [6, 6.07) is 13.0. The SMILES string of the molecule is CC1CC=NC2=C1C(=CCCN1CCC(O)(c3ccc(Cl)cc3)CC1)c1cc(OC(C)(C)C(=O)O)ccc1OC2. The van der Waals surface area contributed by atoms with Crippen LogP contribution in [0.5, 0.6) is 11.5 Å². The van der Waals surface area contributed by atoms with Gasteiger partial charge in [-0.1, -0.05) is 36.7 Å². The van der Waals surface area contributed by atoms with Crippen LogP contribution in [0.1, 0.15) is 57.6 Å². The van der Waals surface area contributed by atoms with Crippen molar-refractivity contribution in [1.82, 2.24) is 4.90 Å². The van der Waals surface area contributed by atoms with Crippen LogP contribution in [-0.2, 0) is 10.4 Å². The van der Waals surface area contributed by atoms with Gasteiger partial charge in [0, 0.05) is 36.4 Å². The van der Waals surface area contributed by atoms with Crippen molar-refractivity contribution in [1.29, 1.82) is 0 Å². The summed E-state index contributed by atoms with van der Waals surface area (Å²) in [6.07, 6.45) is 7.22. The largest absolute Gasteiger partial charge is 0.487 e. The van der Waals surface area contributed by atoms with Crippen LogP contribution >= 0.6 is 11.6 Å². The molecule has 1 unspecified atom stereocenters. The maximum absolute atomic E-state index is 11.7. The molecule has 0 spiro atoms. The number of aliphatic carboxylic acids is 1. The van der Waals surface area contributed by atoms with Gasteiger partial charge in [-0.25, -0.2) is 4.79 Å². The number of hydrogen-bond acceptors (Lipinski definition) is 6. The zero-order valence-corrected chi connectivity index (χ0v) is 24.1. The Bertz CT molecular complexity index is 1350. The Morgan fingerprint density at radius 3 is 2.65 bits per heavy atom. The second-order valence-corrected chi connectivity index (χ2v) is 11.9. The van der Waals surface area contributed by atoms with Crippen molar-refractivity contribution in [2.24, 2.45) is 10.9 Å². The van der Waals surface area contributed by atoms with Crippen molar-refractivity contribution in [2.45, 2.75) is 57.7 Å². The smallest absolute Gasteiger partial charge is 0.347 e. The minimum absolute atomic E-state index is 0.276. The summed E-state index contributed by atoms with van der Waals surface area (Å²) in [6.45, 7) is 8.14. The molecule has 0 saturated carbocycles. The zero-order valence-electron chi connectivity index (χ0n) is 23.3. The summed E-state index contributed by atoms with van der Waals surface area (Å²) in [4.78, 5) is 18.8. The van der Waals surface area contributed by atoms with Gasteiger partial charge in [-0.2, -0.15) is 0 Å². The minimum Gasteiger partial charge on any atom is -0.487 e. The monoisotopic (exact) mass is 564 g/mol. The number of likely N-dealkylation sites (tertiary alicyclic amines) is 1. The van der Waals surface area contributed by atoms with E-state index in [2.05, 4.69) is 22.9 Å². The molecule has 2 aromatic carbocycles. The maximum Gasteiger partial charge on any atom is 0.347 e. The van der Waals surface area contributed by atoms with Gasteiger partial charge in [0.1, 0.15) is 18.1 Å². The summed E-state index contributed by atoms with van der Waals surface area (Å²) >= 11 is 6.04. The second kappa shape index (κ2) is 11.4. The van der Waals surface area contributed by atoms with E-state index in [1.165, 1.54) is 5.57 Å². The number of aliphatic hydroxyl groups is 1. The number of nitrogens with zero attached hydrogens (tertiary/aromatic N) is 2. The number of halogens is 1. The Hall–Kier alpha value is -3.13. The fraction of sp³-hybridized carbons (Fsp3) is 0.438. The average Bonchev–Trinajstić information content (AvgIpc) is 3.07. The number of fused-ring (bicyclic) bond motifs is 1. The molecule has 1 fully saturated rings. The summed E-state index contributed by atoms with van der Waals surface area (Å²) in [5.41, 5.74) is 2.80. The Morgan fingerprint density at radius 1 is 1.23 bits per heavy atom. The number of carboxylic acid groups (broad SMARTS) is 1. The molecular formula is C32H37ClN2O5. The van der Waals surface area contributed by atoms with Gasteiger partial charge in [0.25, 0.3) is 0 Å². The van der Waals surface area contributed by atoms with Crippen molar-refractivity contribution in [3.63, 3.8) is 0 Å². The molecular weight excluding hydrogens is 528 g/mol. The van der Waals surface area contributed by atoms with E-state index in [9.17, 15) is 15.0 Å². The van der Waals surface area contributed by atoms with Crippen LogP contribution in [0.15, 0.2) is 64.8 Å². The van der Waals surface area contributed by atoms with Crippen LogP contribution in [-0.4, -0.2) is 59.1 Å². The first kappa shape index (κ1) is 28.4. The van der Waals surface area contributed by atoms with Crippen LogP contribution in [0, 0.1) is 5.92 Å². The quantitative estimate of drug-likeness (QED) is 0.422. The number of allylic oxidation sites excluding steroid dienone is 2. The molecule has 1 atom stereocenters. The number of hydrogen-bond donors (Lipinski definition) is 2. The van der Waals surface area contributed by atoms with Crippen molar-refractivity contribution in [2.75, 3.05) is 26.2 Å². The fourth-order valence-electron chi connectivity index (χ4n) is 5.67. The predicted molar refractivity (Wildman–Crippen MR) is 157 cm³/mol. The lowest BCUT2D eigenvalue weighted by molar-refractivity contribution is -0.152. The standard InChI is InChI=1S/C32H37ClN2O5/c1-21-12-15-34-27-20-39-28-11-10-24(40-31(2,3)30(36)37)19-26(28)25(29(21)27)5-4-16-35-17-13-32(38,14-18-35)22-6-8-23(33)9-7-22/h5-11,15,19,21,38H,4,12-14,16-18,20H2,1-3H3,(H,36,37). The average molecular weight is 565 g/mol. The van der Waals surface area contributed by atoms with Gasteiger partial charge in [-0.15, -0.1) is 0 Å². The van der Waals surface area contributed by atoms with E-state index in [-0.39, 0.29) is 5.92 Å². The molecule has 3 heterocycles. The molecule has 3 aliphatic heterocycles. The number of rotatable bonds is 7. The van der Waals surface area contributed by atoms with Crippen LogP contribution < -0.4 is 9.47 Å². The Labute approximate surface area is 240 Å². The summed E-state index contributed by atoms with van der Waals surface area (Å²) in [7, 11) is 0. The third kappa shape index (κ3) is 5.97. The molecule has 212 valence electrons. The Morgan fingerprint density at radius 2 is 1.95 bits per heavy atom. The molecule has 0 bridgehead atoms. The molecule has 0 radical (unpaired) electrons. The van der Waals surface area contributed by atoms with Gasteiger partial charge in [-0.05, 0) is 92.5 Å². The lowest BCUT2D eigenvalue weighted by Gasteiger charge is -2.38. The van der Waals surface area contributed by atoms with E-state index < -0.39 is 17.2 Å². The van der Waals surface area contributed by atoms with Crippen molar-refractivity contribution in [3.05, 3.63) is 76.0 Å². The number of carboxylic acids is 1. The van der Waals surface area contributed by atoms with E-state index >= 15 is 0 Å². The first-order valence-corrected chi connectivity index (χ1v) is 14.3.